The molecule has 0 aliphatic rings. The summed E-state index contributed by atoms with van der Waals surface area (Å²) < 4.78 is 16.2. The fourth-order valence-corrected chi connectivity index (χ4v) is 3.75. The SMILES string of the molecule is O=c1n(CCNC(c2ccc(F)cc2)c2cccs2)nc2ccccn12. The van der Waals surface area contributed by atoms with Gasteiger partial charge in [-0.15, -0.1) is 16.4 Å². The van der Waals surface area contributed by atoms with Crippen LogP contribution < -0.4 is 11.0 Å². The molecule has 0 fully saturated rings. The number of nitrogens with one attached hydrogen (secondary N) is 1. The number of nitrogens with zero attached hydrogens (tertiary/aromatic N) is 3. The standard InChI is InChI=1S/C19H17FN4OS/c20-15-8-6-14(7-9-15)18(16-4-3-13-26-16)21-10-12-24-19(25)23-11-2-1-5-17(23)22-24/h1-9,11,13,18,21H,10,12H2. The van der Waals surface area contributed by atoms with Crippen molar-refractivity contribution in [2.45, 2.75) is 12.6 Å². The number of thiophene rings is 1. The van der Waals surface area contributed by atoms with Crippen LogP contribution in [0.4, 0.5) is 4.39 Å². The first-order valence-electron chi connectivity index (χ1n) is 8.29. The molecular weight excluding hydrogens is 351 g/mol. The second-order valence-electron chi connectivity index (χ2n) is 5.89. The summed E-state index contributed by atoms with van der Waals surface area (Å²) in [5.74, 6) is -0.255. The van der Waals surface area contributed by atoms with E-state index in [-0.39, 0.29) is 17.5 Å². The van der Waals surface area contributed by atoms with Crippen molar-refractivity contribution >= 4 is 17.0 Å². The summed E-state index contributed by atoms with van der Waals surface area (Å²) in [5.41, 5.74) is 1.46. The summed E-state index contributed by atoms with van der Waals surface area (Å²) in [6.45, 7) is 1.01. The molecule has 4 rings (SSSR count). The largest absolute Gasteiger partial charge is 0.350 e. The molecule has 4 aromatic rings. The Labute approximate surface area is 153 Å². The van der Waals surface area contributed by atoms with E-state index in [9.17, 15) is 9.18 Å². The number of pyridine rings is 1. The molecule has 3 heterocycles. The van der Waals surface area contributed by atoms with Crippen molar-refractivity contribution in [1.82, 2.24) is 19.5 Å². The lowest BCUT2D eigenvalue weighted by molar-refractivity contribution is 0.515. The zero-order chi connectivity index (χ0) is 17.9. The third-order valence-electron chi connectivity index (χ3n) is 4.19. The Hall–Kier alpha value is -2.77. The molecule has 5 nitrogen and oxygen atoms in total. The number of fused-ring (bicyclic) bond motifs is 1. The van der Waals surface area contributed by atoms with Gasteiger partial charge in [0.1, 0.15) is 5.82 Å². The number of hydrogen-bond donors (Lipinski definition) is 1. The molecule has 0 spiro atoms. The average molecular weight is 368 g/mol. The molecule has 1 N–H and O–H groups in total. The molecule has 0 radical (unpaired) electrons. The van der Waals surface area contributed by atoms with Gasteiger partial charge >= 0.3 is 5.69 Å². The van der Waals surface area contributed by atoms with Crippen LogP contribution in [0.25, 0.3) is 5.65 Å². The number of rotatable bonds is 6. The van der Waals surface area contributed by atoms with Crippen LogP contribution >= 0.6 is 11.3 Å². The Morgan fingerprint density at radius 2 is 1.96 bits per heavy atom. The lowest BCUT2D eigenvalue weighted by atomic mass is 10.1. The normalized spacial score (nSPS) is 12.5. The van der Waals surface area contributed by atoms with E-state index in [1.807, 2.05) is 23.6 Å². The van der Waals surface area contributed by atoms with Gasteiger partial charge in [0.25, 0.3) is 0 Å². The zero-order valence-electron chi connectivity index (χ0n) is 13.9. The van der Waals surface area contributed by atoms with Gasteiger partial charge in [-0.05, 0) is 41.3 Å². The molecule has 3 aromatic heterocycles. The van der Waals surface area contributed by atoms with Gasteiger partial charge in [0.2, 0.25) is 0 Å². The summed E-state index contributed by atoms with van der Waals surface area (Å²) in [4.78, 5) is 13.5. The predicted molar refractivity (Wildman–Crippen MR) is 100 cm³/mol. The Bertz CT molecular complexity index is 1050. The van der Waals surface area contributed by atoms with E-state index in [1.54, 1.807) is 41.8 Å². The zero-order valence-corrected chi connectivity index (χ0v) is 14.7. The molecule has 0 saturated carbocycles. The van der Waals surface area contributed by atoms with Crippen molar-refractivity contribution in [2.75, 3.05) is 6.54 Å². The van der Waals surface area contributed by atoms with Crippen LogP contribution in [0.5, 0.6) is 0 Å². The Balaban J connectivity index is 1.52. The Kier molecular flexibility index (Phi) is 4.64. The molecule has 7 heteroatoms. The summed E-state index contributed by atoms with van der Waals surface area (Å²) in [7, 11) is 0. The second-order valence-corrected chi connectivity index (χ2v) is 6.87. The summed E-state index contributed by atoms with van der Waals surface area (Å²) in [6.07, 6.45) is 1.71. The third-order valence-corrected chi connectivity index (χ3v) is 5.13. The maximum atomic E-state index is 13.2. The molecule has 132 valence electrons. The number of benzene rings is 1. The van der Waals surface area contributed by atoms with Crippen molar-refractivity contribution in [3.05, 3.63) is 92.9 Å². The van der Waals surface area contributed by atoms with Crippen molar-refractivity contribution < 1.29 is 4.39 Å². The fraction of sp³-hybridized carbons (Fsp3) is 0.158. The van der Waals surface area contributed by atoms with Crippen LogP contribution in [-0.4, -0.2) is 20.7 Å². The first kappa shape index (κ1) is 16.7. The lowest BCUT2D eigenvalue weighted by Crippen LogP contribution is -2.30. The molecule has 26 heavy (non-hydrogen) atoms. The van der Waals surface area contributed by atoms with Crippen molar-refractivity contribution in [1.29, 1.82) is 0 Å². The van der Waals surface area contributed by atoms with E-state index in [0.717, 1.165) is 10.4 Å². The number of aromatic nitrogens is 3. The van der Waals surface area contributed by atoms with E-state index < -0.39 is 0 Å². The highest BCUT2D eigenvalue weighted by Gasteiger charge is 2.15. The first-order chi connectivity index (χ1) is 12.7. The van der Waals surface area contributed by atoms with Crippen LogP contribution in [0.3, 0.4) is 0 Å². The van der Waals surface area contributed by atoms with Crippen molar-refractivity contribution in [3.8, 4) is 0 Å². The predicted octanol–water partition coefficient (Wildman–Crippen LogP) is 3.08. The minimum Gasteiger partial charge on any atom is -0.304 e. The fourth-order valence-electron chi connectivity index (χ4n) is 2.92. The molecule has 0 saturated heterocycles. The molecule has 1 unspecified atom stereocenters. The maximum absolute atomic E-state index is 13.2. The smallest absolute Gasteiger partial charge is 0.304 e. The van der Waals surface area contributed by atoms with E-state index in [4.69, 9.17) is 0 Å². The Morgan fingerprint density at radius 3 is 2.69 bits per heavy atom. The topological polar surface area (TPSA) is 51.3 Å². The van der Waals surface area contributed by atoms with Crippen LogP contribution in [0.2, 0.25) is 0 Å². The minimum atomic E-state index is -0.255. The van der Waals surface area contributed by atoms with Crippen molar-refractivity contribution in [2.24, 2.45) is 0 Å². The molecule has 0 amide bonds. The van der Waals surface area contributed by atoms with Gasteiger partial charge in [0.05, 0.1) is 12.6 Å². The molecule has 0 aliphatic heterocycles. The lowest BCUT2D eigenvalue weighted by Gasteiger charge is -2.18. The van der Waals surface area contributed by atoms with E-state index in [1.165, 1.54) is 21.2 Å². The highest BCUT2D eigenvalue weighted by atomic mass is 32.1. The van der Waals surface area contributed by atoms with E-state index >= 15 is 0 Å². The average Bonchev–Trinajstić information content (AvgIpc) is 3.29. The van der Waals surface area contributed by atoms with Gasteiger partial charge in [-0.2, -0.15) is 0 Å². The van der Waals surface area contributed by atoms with Gasteiger partial charge in [-0.1, -0.05) is 24.3 Å². The molecular formula is C19H17FN4OS. The number of hydrogen-bond acceptors (Lipinski definition) is 4. The molecule has 1 atom stereocenters. The van der Waals surface area contributed by atoms with Gasteiger partial charge in [0, 0.05) is 17.6 Å². The minimum absolute atomic E-state index is 0.0525. The van der Waals surface area contributed by atoms with E-state index in [0.29, 0.717) is 18.7 Å². The summed E-state index contributed by atoms with van der Waals surface area (Å²) in [6, 6.07) is 15.9. The monoisotopic (exact) mass is 368 g/mol. The van der Waals surface area contributed by atoms with Gasteiger partial charge in [0.15, 0.2) is 5.65 Å². The highest BCUT2D eigenvalue weighted by Crippen LogP contribution is 2.26. The molecule has 1 aromatic carbocycles. The third kappa shape index (κ3) is 3.31. The Morgan fingerprint density at radius 1 is 1.12 bits per heavy atom. The van der Waals surface area contributed by atoms with E-state index in [2.05, 4.69) is 10.4 Å². The molecule has 0 aliphatic carbocycles. The number of halogens is 1. The quantitative estimate of drug-likeness (QED) is 0.569. The second kappa shape index (κ2) is 7.23. The van der Waals surface area contributed by atoms with Crippen LogP contribution in [0, 0.1) is 5.82 Å². The summed E-state index contributed by atoms with van der Waals surface area (Å²) >= 11 is 1.64. The highest BCUT2D eigenvalue weighted by molar-refractivity contribution is 7.10. The van der Waals surface area contributed by atoms with Gasteiger partial charge < -0.3 is 5.32 Å². The van der Waals surface area contributed by atoms with Crippen molar-refractivity contribution in [3.63, 3.8) is 0 Å². The van der Waals surface area contributed by atoms with Crippen LogP contribution in [0.15, 0.2) is 71.0 Å². The van der Waals surface area contributed by atoms with Crippen LogP contribution in [0.1, 0.15) is 16.5 Å². The maximum Gasteiger partial charge on any atom is 0.350 e. The molecule has 0 bridgehead atoms. The van der Waals surface area contributed by atoms with Gasteiger partial charge in [-0.25, -0.2) is 13.9 Å². The first-order valence-corrected chi connectivity index (χ1v) is 9.17. The van der Waals surface area contributed by atoms with Crippen LogP contribution in [-0.2, 0) is 6.54 Å². The summed E-state index contributed by atoms with van der Waals surface area (Å²) in [5, 5.41) is 9.81. The van der Waals surface area contributed by atoms with Gasteiger partial charge in [-0.3, -0.25) is 4.40 Å².